The molecule has 1 aromatic carbocycles. The van der Waals surface area contributed by atoms with Gasteiger partial charge in [0.1, 0.15) is 0 Å². The number of aromatic nitrogens is 2. The van der Waals surface area contributed by atoms with Gasteiger partial charge in [0.15, 0.2) is 0 Å². The molecular weight excluding hydrogens is 316 g/mol. The number of hydrogen-bond donors (Lipinski definition) is 0. The molecule has 0 atom stereocenters. The second-order valence-corrected chi connectivity index (χ2v) is 6.31. The van der Waals surface area contributed by atoms with Crippen LogP contribution >= 0.6 is 11.6 Å². The molecule has 0 saturated heterocycles. The number of ether oxygens (including phenoxy) is 2. The molecule has 0 bridgehead atoms. The summed E-state index contributed by atoms with van der Waals surface area (Å²) in [5.41, 5.74) is 1.27. The molecule has 0 spiro atoms. The molecular formula is C17H21ClN2O3. The van der Waals surface area contributed by atoms with Gasteiger partial charge < -0.3 is 9.47 Å². The van der Waals surface area contributed by atoms with Crippen LogP contribution in [0.5, 0.6) is 6.01 Å². The Balaban J connectivity index is 1.87. The first-order chi connectivity index (χ1) is 11.2. The summed E-state index contributed by atoms with van der Waals surface area (Å²) < 4.78 is 12.4. The number of benzene rings is 1. The maximum absolute atomic E-state index is 12.3. The SMILES string of the molecule is CCOC(=O)n1c(OCC2CCCCC2)nc2ccc(Cl)cc21. The number of hydrogen-bond acceptors (Lipinski definition) is 4. The van der Waals surface area contributed by atoms with Crippen LogP contribution in [0.3, 0.4) is 0 Å². The highest BCUT2D eigenvalue weighted by molar-refractivity contribution is 6.31. The van der Waals surface area contributed by atoms with Crippen LogP contribution in [-0.2, 0) is 4.74 Å². The van der Waals surface area contributed by atoms with Gasteiger partial charge in [-0.1, -0.05) is 30.9 Å². The molecule has 23 heavy (non-hydrogen) atoms. The zero-order valence-corrected chi connectivity index (χ0v) is 14.0. The topological polar surface area (TPSA) is 53.4 Å². The number of carbonyl (C=O) groups is 1. The summed E-state index contributed by atoms with van der Waals surface area (Å²) in [6, 6.07) is 5.51. The molecule has 1 aliphatic carbocycles. The molecule has 6 heteroatoms. The van der Waals surface area contributed by atoms with Crippen molar-refractivity contribution in [2.45, 2.75) is 39.0 Å². The van der Waals surface area contributed by atoms with Crippen LogP contribution in [-0.4, -0.2) is 28.9 Å². The highest BCUT2D eigenvalue weighted by Crippen LogP contribution is 2.27. The molecule has 1 aliphatic rings. The quantitative estimate of drug-likeness (QED) is 0.815. The van der Waals surface area contributed by atoms with Crippen molar-refractivity contribution < 1.29 is 14.3 Å². The highest BCUT2D eigenvalue weighted by Gasteiger charge is 2.21. The molecule has 0 N–H and O–H groups in total. The minimum Gasteiger partial charge on any atom is -0.464 e. The van der Waals surface area contributed by atoms with Gasteiger partial charge >= 0.3 is 12.1 Å². The zero-order valence-electron chi connectivity index (χ0n) is 13.3. The van der Waals surface area contributed by atoms with Gasteiger partial charge in [-0.05, 0) is 43.9 Å². The minimum atomic E-state index is -0.490. The molecule has 1 saturated carbocycles. The van der Waals surface area contributed by atoms with E-state index in [1.54, 1.807) is 25.1 Å². The monoisotopic (exact) mass is 336 g/mol. The Kier molecular flexibility index (Phi) is 5.06. The zero-order chi connectivity index (χ0) is 16.2. The number of nitrogens with zero attached hydrogens (tertiary/aromatic N) is 2. The van der Waals surface area contributed by atoms with Crippen molar-refractivity contribution in [1.82, 2.24) is 9.55 Å². The largest absolute Gasteiger partial charge is 0.464 e. The van der Waals surface area contributed by atoms with E-state index in [4.69, 9.17) is 21.1 Å². The summed E-state index contributed by atoms with van der Waals surface area (Å²) in [5, 5.41) is 0.543. The molecule has 5 nitrogen and oxygen atoms in total. The molecule has 2 aromatic rings. The van der Waals surface area contributed by atoms with Crippen molar-refractivity contribution in [3.63, 3.8) is 0 Å². The van der Waals surface area contributed by atoms with E-state index in [1.807, 2.05) is 0 Å². The first-order valence-electron chi connectivity index (χ1n) is 8.17. The summed E-state index contributed by atoms with van der Waals surface area (Å²) >= 11 is 6.05. The van der Waals surface area contributed by atoms with Gasteiger partial charge in [0.25, 0.3) is 0 Å². The van der Waals surface area contributed by atoms with Crippen LogP contribution in [0.25, 0.3) is 11.0 Å². The predicted molar refractivity (Wildman–Crippen MR) is 89.2 cm³/mol. The maximum Gasteiger partial charge on any atom is 0.422 e. The second-order valence-electron chi connectivity index (χ2n) is 5.88. The van der Waals surface area contributed by atoms with E-state index in [0.717, 1.165) is 0 Å². The molecule has 1 fully saturated rings. The van der Waals surface area contributed by atoms with Crippen LogP contribution < -0.4 is 4.74 Å². The summed E-state index contributed by atoms with van der Waals surface area (Å²) in [6.07, 6.45) is 5.65. The van der Waals surface area contributed by atoms with Crippen molar-refractivity contribution in [3.05, 3.63) is 23.2 Å². The molecule has 0 aliphatic heterocycles. The van der Waals surface area contributed by atoms with Crippen molar-refractivity contribution in [3.8, 4) is 6.01 Å². The fraction of sp³-hybridized carbons (Fsp3) is 0.529. The Hall–Kier alpha value is -1.75. The van der Waals surface area contributed by atoms with Crippen molar-refractivity contribution in [2.24, 2.45) is 5.92 Å². The van der Waals surface area contributed by atoms with Crippen LogP contribution in [0.15, 0.2) is 18.2 Å². The fourth-order valence-electron chi connectivity index (χ4n) is 3.03. The second kappa shape index (κ2) is 7.21. The lowest BCUT2D eigenvalue weighted by Gasteiger charge is -2.21. The smallest absolute Gasteiger partial charge is 0.422 e. The van der Waals surface area contributed by atoms with Crippen LogP contribution in [0.4, 0.5) is 4.79 Å². The maximum atomic E-state index is 12.3. The first-order valence-corrected chi connectivity index (χ1v) is 8.54. The Morgan fingerprint density at radius 3 is 2.87 bits per heavy atom. The van der Waals surface area contributed by atoms with E-state index in [9.17, 15) is 4.79 Å². The van der Waals surface area contributed by atoms with E-state index < -0.39 is 6.09 Å². The normalized spacial score (nSPS) is 15.7. The molecule has 0 amide bonds. The van der Waals surface area contributed by atoms with Crippen LogP contribution in [0.1, 0.15) is 39.0 Å². The molecule has 3 rings (SSSR count). The Labute approximate surface area is 140 Å². The van der Waals surface area contributed by atoms with E-state index in [0.29, 0.717) is 35.2 Å². The Morgan fingerprint density at radius 2 is 2.13 bits per heavy atom. The number of fused-ring (bicyclic) bond motifs is 1. The standard InChI is InChI=1S/C17H21ClN2O3/c1-2-22-17(21)20-15-10-13(18)8-9-14(15)19-16(20)23-11-12-6-4-3-5-7-12/h8-10,12H,2-7,11H2,1H3. The van der Waals surface area contributed by atoms with Gasteiger partial charge in [-0.15, -0.1) is 0 Å². The average Bonchev–Trinajstić information content (AvgIpc) is 2.91. The Bertz CT molecular complexity index is 692. The highest BCUT2D eigenvalue weighted by atomic mass is 35.5. The lowest BCUT2D eigenvalue weighted by Crippen LogP contribution is -2.20. The number of halogens is 1. The average molecular weight is 337 g/mol. The van der Waals surface area contributed by atoms with E-state index >= 15 is 0 Å². The lowest BCUT2D eigenvalue weighted by molar-refractivity contribution is 0.145. The van der Waals surface area contributed by atoms with E-state index in [2.05, 4.69) is 4.98 Å². The van der Waals surface area contributed by atoms with Crippen molar-refractivity contribution in [1.29, 1.82) is 0 Å². The fourth-order valence-corrected chi connectivity index (χ4v) is 3.20. The number of rotatable bonds is 4. The molecule has 124 valence electrons. The third kappa shape index (κ3) is 3.61. The molecule has 0 radical (unpaired) electrons. The Morgan fingerprint density at radius 1 is 1.35 bits per heavy atom. The first kappa shape index (κ1) is 16.1. The minimum absolute atomic E-state index is 0.284. The predicted octanol–water partition coefficient (Wildman–Crippen LogP) is 4.65. The summed E-state index contributed by atoms with van der Waals surface area (Å²) in [4.78, 5) is 16.7. The van der Waals surface area contributed by atoms with E-state index in [-0.39, 0.29) is 6.01 Å². The summed E-state index contributed by atoms with van der Waals surface area (Å²) in [6.45, 7) is 2.64. The van der Waals surface area contributed by atoms with Gasteiger partial charge in [-0.2, -0.15) is 9.55 Å². The van der Waals surface area contributed by atoms with Crippen molar-refractivity contribution in [2.75, 3.05) is 13.2 Å². The van der Waals surface area contributed by atoms with Crippen LogP contribution in [0.2, 0.25) is 5.02 Å². The summed E-state index contributed by atoms with van der Waals surface area (Å²) in [7, 11) is 0. The third-order valence-corrected chi connectivity index (χ3v) is 4.44. The lowest BCUT2D eigenvalue weighted by atomic mass is 9.90. The molecule has 1 aromatic heterocycles. The van der Waals surface area contributed by atoms with Gasteiger partial charge in [-0.25, -0.2) is 4.79 Å². The van der Waals surface area contributed by atoms with Gasteiger partial charge in [0.05, 0.1) is 24.2 Å². The third-order valence-electron chi connectivity index (χ3n) is 4.21. The van der Waals surface area contributed by atoms with E-state index in [1.165, 1.54) is 36.7 Å². The summed E-state index contributed by atoms with van der Waals surface area (Å²) in [5.74, 6) is 0.530. The van der Waals surface area contributed by atoms with Gasteiger partial charge in [0.2, 0.25) is 0 Å². The molecule has 1 heterocycles. The molecule has 0 unspecified atom stereocenters. The number of carbonyl (C=O) groups excluding carboxylic acids is 1. The van der Waals surface area contributed by atoms with Crippen molar-refractivity contribution >= 4 is 28.7 Å². The number of imidazole rings is 1. The van der Waals surface area contributed by atoms with Crippen LogP contribution in [0, 0.1) is 5.92 Å². The van der Waals surface area contributed by atoms with Gasteiger partial charge in [-0.3, -0.25) is 0 Å². The van der Waals surface area contributed by atoms with Gasteiger partial charge in [0, 0.05) is 5.02 Å².